The molecule has 1 saturated carbocycles. The molecule has 1 aliphatic rings. The van der Waals surface area contributed by atoms with Crippen LogP contribution in [-0.2, 0) is 9.47 Å². The number of hydrogen-bond acceptors (Lipinski definition) is 7. The summed E-state index contributed by atoms with van der Waals surface area (Å²) >= 11 is 0. The van der Waals surface area contributed by atoms with Crippen molar-refractivity contribution in [3.05, 3.63) is 24.3 Å². The largest absolute Gasteiger partial charge is 0.389 e. The van der Waals surface area contributed by atoms with Gasteiger partial charge in [0.2, 0.25) is 0 Å². The van der Waals surface area contributed by atoms with Gasteiger partial charge in [-0.15, -0.1) is 5.10 Å². The quantitative estimate of drug-likeness (QED) is 0.536. The molecule has 0 saturated heterocycles. The van der Waals surface area contributed by atoms with Crippen molar-refractivity contribution in [2.75, 3.05) is 38.7 Å². The molecular weight excluding hydrogens is 388 g/mol. The van der Waals surface area contributed by atoms with Crippen molar-refractivity contribution in [1.29, 1.82) is 0 Å². The maximum Gasteiger partial charge on any atom is 0.321 e. The molecule has 10 nitrogen and oxygen atoms in total. The fraction of sp³-hybridized carbons (Fsp3) is 0.600. The highest BCUT2D eigenvalue weighted by molar-refractivity contribution is 5.89. The lowest BCUT2D eigenvalue weighted by atomic mass is 10.2. The Kier molecular flexibility index (Phi) is 7.72. The van der Waals surface area contributed by atoms with E-state index in [9.17, 15) is 9.90 Å². The number of aliphatic hydroxyl groups is 1. The summed E-state index contributed by atoms with van der Waals surface area (Å²) in [5.74, 6) is 0.731. The van der Waals surface area contributed by atoms with E-state index in [4.69, 9.17) is 9.47 Å². The van der Waals surface area contributed by atoms with Crippen molar-refractivity contribution in [2.45, 2.75) is 44.9 Å². The fourth-order valence-corrected chi connectivity index (χ4v) is 2.88. The molecule has 0 spiro atoms. The topological polar surface area (TPSA) is 115 Å². The summed E-state index contributed by atoms with van der Waals surface area (Å²) in [5.41, 5.74) is 1.55. The molecule has 164 valence electrons. The van der Waals surface area contributed by atoms with Crippen molar-refractivity contribution in [2.24, 2.45) is 0 Å². The molecule has 0 radical (unpaired) electrons. The first-order chi connectivity index (χ1) is 14.4. The van der Waals surface area contributed by atoms with Gasteiger partial charge in [0.15, 0.2) is 5.82 Å². The maximum atomic E-state index is 12.4. The maximum absolute atomic E-state index is 12.4. The van der Waals surface area contributed by atoms with Crippen LogP contribution < -0.4 is 5.32 Å². The number of aliphatic hydroxyl groups excluding tert-OH is 1. The number of tetrazole rings is 1. The van der Waals surface area contributed by atoms with E-state index >= 15 is 0 Å². The third-order valence-corrected chi connectivity index (χ3v) is 4.60. The van der Waals surface area contributed by atoms with Crippen LogP contribution in [-0.4, -0.2) is 81.9 Å². The van der Waals surface area contributed by atoms with E-state index in [1.54, 1.807) is 19.2 Å². The zero-order valence-corrected chi connectivity index (χ0v) is 17.7. The first-order valence-corrected chi connectivity index (χ1v) is 10.2. The Morgan fingerprint density at radius 1 is 1.30 bits per heavy atom. The summed E-state index contributed by atoms with van der Waals surface area (Å²) in [5, 5.41) is 24.8. The van der Waals surface area contributed by atoms with Crippen molar-refractivity contribution in [3.63, 3.8) is 0 Å². The van der Waals surface area contributed by atoms with Gasteiger partial charge in [0.05, 0.1) is 44.6 Å². The van der Waals surface area contributed by atoms with Crippen molar-refractivity contribution in [3.8, 4) is 11.4 Å². The molecule has 2 aromatic rings. The predicted molar refractivity (Wildman–Crippen MR) is 111 cm³/mol. The van der Waals surface area contributed by atoms with Gasteiger partial charge >= 0.3 is 6.03 Å². The Bertz CT molecular complexity index is 806. The SMILES string of the molecule is CC(C)OCCOCC(O)CN(C)C(=O)Nc1ccc(-c2nnnn2C2CC2)cc1. The van der Waals surface area contributed by atoms with Crippen LogP contribution in [0.3, 0.4) is 0 Å². The third-order valence-electron chi connectivity index (χ3n) is 4.60. The molecule has 1 aromatic heterocycles. The minimum Gasteiger partial charge on any atom is -0.389 e. The second-order valence-corrected chi connectivity index (χ2v) is 7.71. The summed E-state index contributed by atoms with van der Waals surface area (Å²) in [6.07, 6.45) is 1.57. The molecule has 1 atom stereocenters. The minimum absolute atomic E-state index is 0.142. The van der Waals surface area contributed by atoms with Crippen LogP contribution in [0.5, 0.6) is 0 Å². The number of amides is 2. The van der Waals surface area contributed by atoms with Crippen LogP contribution >= 0.6 is 0 Å². The summed E-state index contributed by atoms with van der Waals surface area (Å²) in [4.78, 5) is 13.8. The highest BCUT2D eigenvalue weighted by atomic mass is 16.5. The minimum atomic E-state index is -0.775. The van der Waals surface area contributed by atoms with Crippen LogP contribution in [0.25, 0.3) is 11.4 Å². The average molecular weight is 418 g/mol. The van der Waals surface area contributed by atoms with Gasteiger partial charge in [-0.2, -0.15) is 0 Å². The molecule has 3 rings (SSSR count). The predicted octanol–water partition coefficient (Wildman–Crippen LogP) is 1.94. The number of carbonyl (C=O) groups excluding carboxylic acids is 1. The highest BCUT2D eigenvalue weighted by Crippen LogP contribution is 2.36. The Morgan fingerprint density at radius 2 is 2.03 bits per heavy atom. The molecule has 30 heavy (non-hydrogen) atoms. The zero-order valence-electron chi connectivity index (χ0n) is 17.7. The fourth-order valence-electron chi connectivity index (χ4n) is 2.88. The molecule has 0 aliphatic heterocycles. The average Bonchev–Trinajstić information content (AvgIpc) is 3.44. The van der Waals surface area contributed by atoms with Gasteiger partial charge in [0.1, 0.15) is 0 Å². The monoisotopic (exact) mass is 418 g/mol. The smallest absolute Gasteiger partial charge is 0.321 e. The Hall–Kier alpha value is -2.56. The van der Waals surface area contributed by atoms with Gasteiger partial charge in [0, 0.05) is 18.3 Å². The van der Waals surface area contributed by atoms with Gasteiger partial charge in [-0.05, 0) is 61.4 Å². The number of ether oxygens (including phenoxy) is 2. The summed E-state index contributed by atoms with van der Waals surface area (Å²) in [6, 6.07) is 7.45. The van der Waals surface area contributed by atoms with Crippen LogP contribution in [0, 0.1) is 0 Å². The van der Waals surface area contributed by atoms with Crippen LogP contribution in [0.4, 0.5) is 10.5 Å². The standard InChI is InChI=1S/C20H30N6O4/c1-14(2)30-11-10-29-13-18(27)12-25(3)20(28)21-16-6-4-15(5-7-16)19-22-23-24-26(19)17-8-9-17/h4-7,14,17-18,27H,8-13H2,1-3H3,(H,21,28). The van der Waals surface area contributed by atoms with Gasteiger partial charge < -0.3 is 24.8 Å². The van der Waals surface area contributed by atoms with Gasteiger partial charge in [-0.25, -0.2) is 9.48 Å². The van der Waals surface area contributed by atoms with E-state index in [0.717, 1.165) is 24.2 Å². The van der Waals surface area contributed by atoms with Crippen LogP contribution in [0.15, 0.2) is 24.3 Å². The van der Waals surface area contributed by atoms with E-state index in [-0.39, 0.29) is 25.3 Å². The van der Waals surface area contributed by atoms with Crippen LogP contribution in [0.2, 0.25) is 0 Å². The van der Waals surface area contributed by atoms with Crippen molar-refractivity contribution >= 4 is 11.7 Å². The van der Waals surface area contributed by atoms with Gasteiger partial charge in [0.25, 0.3) is 0 Å². The summed E-state index contributed by atoms with van der Waals surface area (Å²) in [6.45, 7) is 5.08. The Balaban J connectivity index is 1.43. The molecule has 2 amide bonds. The van der Waals surface area contributed by atoms with E-state index < -0.39 is 6.10 Å². The zero-order chi connectivity index (χ0) is 21.5. The lowest BCUT2D eigenvalue weighted by Crippen LogP contribution is -2.39. The van der Waals surface area contributed by atoms with E-state index in [0.29, 0.717) is 24.9 Å². The Labute approximate surface area is 176 Å². The summed E-state index contributed by atoms with van der Waals surface area (Å²) in [7, 11) is 1.62. The van der Waals surface area contributed by atoms with Crippen molar-refractivity contribution in [1.82, 2.24) is 25.1 Å². The normalized spacial score (nSPS) is 14.7. The number of likely N-dealkylation sites (N-methyl/N-ethyl adjacent to an activating group) is 1. The van der Waals surface area contributed by atoms with Gasteiger partial charge in [-0.3, -0.25) is 0 Å². The van der Waals surface area contributed by atoms with E-state index in [2.05, 4.69) is 20.8 Å². The van der Waals surface area contributed by atoms with Crippen LogP contribution in [0.1, 0.15) is 32.7 Å². The first kappa shape index (κ1) is 22.1. The number of urea groups is 1. The number of aromatic nitrogens is 4. The lowest BCUT2D eigenvalue weighted by molar-refractivity contribution is -0.0144. The number of nitrogens with zero attached hydrogens (tertiary/aromatic N) is 5. The van der Waals surface area contributed by atoms with Crippen molar-refractivity contribution < 1.29 is 19.4 Å². The number of rotatable bonds is 11. The molecule has 1 aliphatic carbocycles. The molecule has 0 bridgehead atoms. The van der Waals surface area contributed by atoms with E-state index in [1.165, 1.54) is 4.90 Å². The Morgan fingerprint density at radius 3 is 2.70 bits per heavy atom. The number of nitrogens with one attached hydrogen (secondary N) is 1. The second kappa shape index (κ2) is 10.5. The third kappa shape index (κ3) is 6.48. The second-order valence-electron chi connectivity index (χ2n) is 7.71. The molecule has 1 unspecified atom stereocenters. The first-order valence-electron chi connectivity index (χ1n) is 10.2. The highest BCUT2D eigenvalue weighted by Gasteiger charge is 2.28. The van der Waals surface area contributed by atoms with Gasteiger partial charge in [-0.1, -0.05) is 0 Å². The molecular formula is C20H30N6O4. The molecule has 1 aromatic carbocycles. The molecule has 2 N–H and O–H groups in total. The number of benzene rings is 1. The number of carbonyl (C=O) groups is 1. The lowest BCUT2D eigenvalue weighted by Gasteiger charge is -2.21. The van der Waals surface area contributed by atoms with E-state index in [1.807, 2.05) is 30.7 Å². The number of hydrogen-bond donors (Lipinski definition) is 2. The molecule has 1 fully saturated rings. The number of anilines is 1. The molecule has 10 heteroatoms. The molecule has 1 heterocycles. The summed E-state index contributed by atoms with van der Waals surface area (Å²) < 4.78 is 12.6.